The Bertz CT molecular complexity index is 436. The van der Waals surface area contributed by atoms with Crippen molar-refractivity contribution in [3.63, 3.8) is 0 Å². The van der Waals surface area contributed by atoms with Gasteiger partial charge in [0.25, 0.3) is 0 Å². The van der Waals surface area contributed by atoms with Crippen molar-refractivity contribution in [3.8, 4) is 0 Å². The van der Waals surface area contributed by atoms with E-state index in [2.05, 4.69) is 12.2 Å². The summed E-state index contributed by atoms with van der Waals surface area (Å²) in [5.74, 6) is 1.16. The number of piperidine rings is 1. The molecule has 2 atom stereocenters. The minimum absolute atomic E-state index is 0.185. The fourth-order valence-electron chi connectivity index (χ4n) is 3.70. The molecule has 2 aliphatic rings. The fourth-order valence-corrected chi connectivity index (χ4v) is 3.70. The second-order valence-corrected chi connectivity index (χ2v) is 8.55. The van der Waals surface area contributed by atoms with Crippen molar-refractivity contribution < 1.29 is 14.3 Å². The van der Waals surface area contributed by atoms with Crippen molar-refractivity contribution in [1.82, 2.24) is 10.2 Å². The molecule has 5 nitrogen and oxygen atoms in total. The summed E-state index contributed by atoms with van der Waals surface area (Å²) >= 11 is 0. The molecule has 2 fully saturated rings. The largest absolute Gasteiger partial charge is 0.444 e. The number of rotatable bonds is 3. The Morgan fingerprint density at radius 1 is 1.08 bits per heavy atom. The van der Waals surface area contributed by atoms with Gasteiger partial charge >= 0.3 is 6.09 Å². The smallest absolute Gasteiger partial charge is 0.410 e. The Balaban J connectivity index is 1.70. The van der Waals surface area contributed by atoms with E-state index in [1.807, 2.05) is 20.8 Å². The second-order valence-electron chi connectivity index (χ2n) is 8.55. The van der Waals surface area contributed by atoms with Gasteiger partial charge in [-0.15, -0.1) is 0 Å². The summed E-state index contributed by atoms with van der Waals surface area (Å²) < 4.78 is 5.41. The average molecular weight is 338 g/mol. The highest BCUT2D eigenvalue weighted by Gasteiger charge is 2.29. The lowest BCUT2D eigenvalue weighted by Crippen LogP contribution is -2.44. The van der Waals surface area contributed by atoms with Gasteiger partial charge in [0, 0.05) is 25.6 Å². The summed E-state index contributed by atoms with van der Waals surface area (Å²) in [6, 6.07) is 0.355. The van der Waals surface area contributed by atoms with Crippen LogP contribution in [0.2, 0.25) is 0 Å². The number of carbonyl (C=O) groups is 2. The van der Waals surface area contributed by atoms with Crippen LogP contribution in [0.4, 0.5) is 4.79 Å². The van der Waals surface area contributed by atoms with Gasteiger partial charge in [-0.05, 0) is 58.3 Å². The first-order valence-corrected chi connectivity index (χ1v) is 9.52. The Morgan fingerprint density at radius 3 is 2.29 bits per heavy atom. The van der Waals surface area contributed by atoms with Crippen LogP contribution in [0.15, 0.2) is 0 Å². The molecular formula is C19H34N2O3. The standard InChI is InChI=1S/C19H34N2O3/c1-14-7-5-6-8-16(14)20-17(22)13-15-9-11-21(12-10-15)18(23)24-19(2,3)4/h14-16H,5-13H2,1-4H3,(H,20,22)/t14-,16+/m1/s1. The Kier molecular flexibility index (Phi) is 6.53. The quantitative estimate of drug-likeness (QED) is 0.853. The number of hydrogen-bond acceptors (Lipinski definition) is 3. The van der Waals surface area contributed by atoms with Crippen molar-refractivity contribution in [1.29, 1.82) is 0 Å². The van der Waals surface area contributed by atoms with E-state index < -0.39 is 5.60 Å². The van der Waals surface area contributed by atoms with Gasteiger partial charge in [0.2, 0.25) is 5.91 Å². The first-order chi connectivity index (χ1) is 11.2. The highest BCUT2D eigenvalue weighted by Crippen LogP contribution is 2.25. The molecule has 138 valence electrons. The van der Waals surface area contributed by atoms with E-state index in [1.165, 1.54) is 19.3 Å². The molecular weight excluding hydrogens is 304 g/mol. The molecule has 0 radical (unpaired) electrons. The van der Waals surface area contributed by atoms with Crippen LogP contribution < -0.4 is 5.32 Å². The molecule has 1 saturated heterocycles. The van der Waals surface area contributed by atoms with Crippen molar-refractivity contribution in [2.24, 2.45) is 11.8 Å². The number of carbonyl (C=O) groups excluding carboxylic acids is 2. The lowest BCUT2D eigenvalue weighted by molar-refractivity contribution is -0.123. The average Bonchev–Trinajstić information content (AvgIpc) is 2.48. The van der Waals surface area contributed by atoms with Crippen LogP contribution in [0, 0.1) is 11.8 Å². The monoisotopic (exact) mass is 338 g/mol. The molecule has 0 unspecified atom stereocenters. The molecule has 1 N–H and O–H groups in total. The zero-order chi connectivity index (χ0) is 17.7. The van der Waals surface area contributed by atoms with Crippen LogP contribution in [0.25, 0.3) is 0 Å². The zero-order valence-corrected chi connectivity index (χ0v) is 15.8. The summed E-state index contributed by atoms with van der Waals surface area (Å²) in [5, 5.41) is 3.24. The number of ether oxygens (including phenoxy) is 1. The predicted octanol–water partition coefficient (Wildman–Crippen LogP) is 3.72. The molecule has 0 aromatic heterocycles. The van der Waals surface area contributed by atoms with Crippen LogP contribution in [0.1, 0.15) is 72.6 Å². The van der Waals surface area contributed by atoms with Gasteiger partial charge in [0.05, 0.1) is 0 Å². The predicted molar refractivity (Wildman–Crippen MR) is 94.7 cm³/mol. The van der Waals surface area contributed by atoms with Gasteiger partial charge < -0.3 is 15.0 Å². The first kappa shape index (κ1) is 19.1. The van der Waals surface area contributed by atoms with Crippen molar-refractivity contribution in [2.75, 3.05) is 13.1 Å². The molecule has 1 aliphatic carbocycles. The zero-order valence-electron chi connectivity index (χ0n) is 15.8. The van der Waals surface area contributed by atoms with Crippen LogP contribution in [-0.2, 0) is 9.53 Å². The lowest BCUT2D eigenvalue weighted by Gasteiger charge is -2.34. The van der Waals surface area contributed by atoms with Crippen LogP contribution in [-0.4, -0.2) is 41.6 Å². The molecule has 2 rings (SSSR count). The minimum Gasteiger partial charge on any atom is -0.444 e. The molecule has 5 heteroatoms. The molecule has 24 heavy (non-hydrogen) atoms. The SMILES string of the molecule is C[C@@H]1CCCC[C@@H]1NC(=O)CC1CCN(C(=O)OC(C)(C)C)CC1. The van der Waals surface area contributed by atoms with Gasteiger partial charge in [-0.2, -0.15) is 0 Å². The van der Waals surface area contributed by atoms with E-state index in [-0.39, 0.29) is 12.0 Å². The summed E-state index contributed by atoms with van der Waals surface area (Å²) in [6.45, 7) is 9.26. The molecule has 0 aromatic carbocycles. The third-order valence-electron chi connectivity index (χ3n) is 5.20. The maximum absolute atomic E-state index is 12.3. The second kappa shape index (κ2) is 8.21. The summed E-state index contributed by atoms with van der Waals surface area (Å²) in [5.41, 5.74) is -0.454. The van der Waals surface area contributed by atoms with Crippen LogP contribution >= 0.6 is 0 Å². The van der Waals surface area contributed by atoms with Crippen molar-refractivity contribution >= 4 is 12.0 Å². The van der Waals surface area contributed by atoms with E-state index in [0.29, 0.717) is 37.4 Å². The first-order valence-electron chi connectivity index (χ1n) is 9.52. The van der Waals surface area contributed by atoms with E-state index in [4.69, 9.17) is 4.74 Å². The van der Waals surface area contributed by atoms with Gasteiger partial charge in [-0.1, -0.05) is 19.8 Å². The maximum Gasteiger partial charge on any atom is 0.410 e. The molecule has 0 bridgehead atoms. The van der Waals surface area contributed by atoms with E-state index in [1.54, 1.807) is 4.90 Å². The highest BCUT2D eigenvalue weighted by molar-refractivity contribution is 5.76. The number of nitrogens with one attached hydrogen (secondary N) is 1. The van der Waals surface area contributed by atoms with Gasteiger partial charge in [0.15, 0.2) is 0 Å². The highest BCUT2D eigenvalue weighted by atomic mass is 16.6. The van der Waals surface area contributed by atoms with Gasteiger partial charge in [-0.3, -0.25) is 4.79 Å². The van der Waals surface area contributed by atoms with Crippen molar-refractivity contribution in [2.45, 2.75) is 84.3 Å². The van der Waals surface area contributed by atoms with E-state index >= 15 is 0 Å². The maximum atomic E-state index is 12.3. The Hall–Kier alpha value is -1.26. The van der Waals surface area contributed by atoms with Crippen LogP contribution in [0.3, 0.4) is 0 Å². The number of hydrogen-bond donors (Lipinski definition) is 1. The van der Waals surface area contributed by atoms with Gasteiger partial charge in [0.1, 0.15) is 5.60 Å². The van der Waals surface area contributed by atoms with E-state index in [0.717, 1.165) is 19.3 Å². The lowest BCUT2D eigenvalue weighted by atomic mass is 9.85. The number of likely N-dealkylation sites (tertiary alicyclic amines) is 1. The molecule has 0 aromatic rings. The summed E-state index contributed by atoms with van der Waals surface area (Å²) in [6.07, 6.45) is 6.97. The number of amides is 2. The molecule has 2 amide bonds. The Labute approximate surface area is 146 Å². The molecule has 1 heterocycles. The molecule has 0 spiro atoms. The fraction of sp³-hybridized carbons (Fsp3) is 0.895. The van der Waals surface area contributed by atoms with Gasteiger partial charge in [-0.25, -0.2) is 4.79 Å². The molecule has 1 saturated carbocycles. The third kappa shape index (κ3) is 5.99. The van der Waals surface area contributed by atoms with E-state index in [9.17, 15) is 9.59 Å². The molecule has 1 aliphatic heterocycles. The minimum atomic E-state index is -0.454. The topological polar surface area (TPSA) is 58.6 Å². The van der Waals surface area contributed by atoms with Crippen LogP contribution in [0.5, 0.6) is 0 Å². The van der Waals surface area contributed by atoms with Crippen molar-refractivity contribution in [3.05, 3.63) is 0 Å². The normalized spacial score (nSPS) is 26.1. The number of nitrogens with zero attached hydrogens (tertiary/aromatic N) is 1. The summed E-state index contributed by atoms with van der Waals surface area (Å²) in [7, 11) is 0. The third-order valence-corrected chi connectivity index (χ3v) is 5.20. The Morgan fingerprint density at radius 2 is 1.71 bits per heavy atom. The summed E-state index contributed by atoms with van der Waals surface area (Å²) in [4.78, 5) is 26.1.